The van der Waals surface area contributed by atoms with Crippen LogP contribution in [0.2, 0.25) is 5.02 Å². The second-order valence-electron chi connectivity index (χ2n) is 4.71. The van der Waals surface area contributed by atoms with Gasteiger partial charge in [-0.3, -0.25) is 0 Å². The molecule has 0 atom stereocenters. The molecule has 0 amide bonds. The number of halogens is 1. The van der Waals surface area contributed by atoms with Gasteiger partial charge in [0.15, 0.2) is 5.13 Å². The molecular formula is C17H15ClN2O2S. The van der Waals surface area contributed by atoms with Gasteiger partial charge >= 0.3 is 0 Å². The lowest BCUT2D eigenvalue weighted by atomic mass is 10.1. The van der Waals surface area contributed by atoms with Crippen molar-refractivity contribution in [2.45, 2.75) is 0 Å². The Morgan fingerprint density at radius 1 is 1.00 bits per heavy atom. The quantitative estimate of drug-likeness (QED) is 0.687. The third-order valence-electron chi connectivity index (χ3n) is 3.28. The van der Waals surface area contributed by atoms with Gasteiger partial charge in [-0.1, -0.05) is 17.7 Å². The summed E-state index contributed by atoms with van der Waals surface area (Å²) >= 11 is 7.41. The summed E-state index contributed by atoms with van der Waals surface area (Å²) in [4.78, 5) is 4.63. The smallest absolute Gasteiger partial charge is 0.187 e. The van der Waals surface area contributed by atoms with Gasteiger partial charge in [-0.05, 0) is 36.4 Å². The lowest BCUT2D eigenvalue weighted by Crippen LogP contribution is -1.94. The van der Waals surface area contributed by atoms with Crippen LogP contribution in [0.15, 0.2) is 47.8 Å². The molecular weight excluding hydrogens is 332 g/mol. The largest absolute Gasteiger partial charge is 0.496 e. The normalized spacial score (nSPS) is 10.4. The molecule has 0 bridgehead atoms. The summed E-state index contributed by atoms with van der Waals surface area (Å²) < 4.78 is 10.9. The van der Waals surface area contributed by atoms with Gasteiger partial charge in [-0.25, -0.2) is 4.98 Å². The number of ether oxygens (including phenoxy) is 2. The summed E-state index contributed by atoms with van der Waals surface area (Å²) in [7, 11) is 3.27. The molecule has 6 heteroatoms. The zero-order chi connectivity index (χ0) is 16.2. The number of hydrogen-bond acceptors (Lipinski definition) is 5. The van der Waals surface area contributed by atoms with E-state index >= 15 is 0 Å². The Kier molecular flexibility index (Phi) is 4.69. The maximum absolute atomic E-state index is 5.90. The number of nitrogens with one attached hydrogen (secondary N) is 1. The molecule has 0 unspecified atom stereocenters. The van der Waals surface area contributed by atoms with Crippen LogP contribution >= 0.6 is 22.9 Å². The van der Waals surface area contributed by atoms with Crippen LogP contribution in [-0.4, -0.2) is 19.2 Å². The summed E-state index contributed by atoms with van der Waals surface area (Å²) in [6.45, 7) is 0. The van der Waals surface area contributed by atoms with E-state index in [1.807, 2.05) is 47.8 Å². The van der Waals surface area contributed by atoms with Crippen LogP contribution in [0.3, 0.4) is 0 Å². The van der Waals surface area contributed by atoms with Crippen molar-refractivity contribution in [2.75, 3.05) is 19.5 Å². The lowest BCUT2D eigenvalue weighted by Gasteiger charge is -2.10. The number of anilines is 2. The Labute approximate surface area is 143 Å². The van der Waals surface area contributed by atoms with Crippen molar-refractivity contribution in [3.05, 3.63) is 52.9 Å². The van der Waals surface area contributed by atoms with E-state index in [0.29, 0.717) is 5.02 Å². The first-order chi connectivity index (χ1) is 11.2. The zero-order valence-corrected chi connectivity index (χ0v) is 14.2. The van der Waals surface area contributed by atoms with E-state index in [1.54, 1.807) is 14.2 Å². The third kappa shape index (κ3) is 3.41. The number of aromatic nitrogens is 1. The van der Waals surface area contributed by atoms with Gasteiger partial charge in [0.1, 0.15) is 11.5 Å². The maximum atomic E-state index is 5.90. The summed E-state index contributed by atoms with van der Waals surface area (Å²) in [5.41, 5.74) is 2.58. The average Bonchev–Trinajstić information content (AvgIpc) is 3.04. The Hall–Kier alpha value is -2.24. The molecule has 23 heavy (non-hydrogen) atoms. The van der Waals surface area contributed by atoms with Gasteiger partial charge in [-0.2, -0.15) is 0 Å². The first-order valence-corrected chi connectivity index (χ1v) is 8.16. The van der Waals surface area contributed by atoms with E-state index in [9.17, 15) is 0 Å². The van der Waals surface area contributed by atoms with Crippen molar-refractivity contribution in [1.29, 1.82) is 0 Å². The predicted molar refractivity (Wildman–Crippen MR) is 95.4 cm³/mol. The monoisotopic (exact) mass is 346 g/mol. The number of benzene rings is 2. The molecule has 3 rings (SSSR count). The predicted octanol–water partition coefficient (Wildman–Crippen LogP) is 5.22. The average molecular weight is 347 g/mol. The first-order valence-electron chi connectivity index (χ1n) is 6.90. The fourth-order valence-corrected chi connectivity index (χ4v) is 3.05. The highest BCUT2D eigenvalue weighted by atomic mass is 35.5. The van der Waals surface area contributed by atoms with Crippen molar-refractivity contribution in [3.63, 3.8) is 0 Å². The Morgan fingerprint density at radius 2 is 1.65 bits per heavy atom. The van der Waals surface area contributed by atoms with Crippen LogP contribution in [0.5, 0.6) is 11.5 Å². The molecule has 2 aromatic carbocycles. The van der Waals surface area contributed by atoms with E-state index < -0.39 is 0 Å². The fourth-order valence-electron chi connectivity index (χ4n) is 2.21. The standard InChI is InChI=1S/C17H15ClN2O2S/c1-21-14-4-3-5-15(22-2)16(14)13-10-23-17(20-13)19-12-8-6-11(18)7-9-12/h3-10H,1-2H3,(H,19,20). The molecule has 1 N–H and O–H groups in total. The Balaban J connectivity index is 1.91. The van der Waals surface area contributed by atoms with Gasteiger partial charge in [-0.15, -0.1) is 11.3 Å². The minimum atomic E-state index is 0.703. The summed E-state index contributed by atoms with van der Waals surface area (Å²) in [5.74, 6) is 1.46. The molecule has 0 saturated heterocycles. The zero-order valence-electron chi connectivity index (χ0n) is 12.7. The van der Waals surface area contributed by atoms with Crippen LogP contribution in [0, 0.1) is 0 Å². The van der Waals surface area contributed by atoms with Crippen LogP contribution in [0.1, 0.15) is 0 Å². The van der Waals surface area contributed by atoms with E-state index in [-0.39, 0.29) is 0 Å². The number of methoxy groups -OCH3 is 2. The van der Waals surface area contributed by atoms with E-state index in [4.69, 9.17) is 21.1 Å². The summed E-state index contributed by atoms with van der Waals surface area (Å²) in [6, 6.07) is 13.2. The van der Waals surface area contributed by atoms with Gasteiger partial charge in [0.25, 0.3) is 0 Å². The van der Waals surface area contributed by atoms with Gasteiger partial charge in [0.05, 0.1) is 25.5 Å². The molecule has 0 fully saturated rings. The molecule has 1 heterocycles. The Morgan fingerprint density at radius 3 is 2.26 bits per heavy atom. The summed E-state index contributed by atoms with van der Waals surface area (Å²) in [5, 5.41) is 6.72. The fraction of sp³-hybridized carbons (Fsp3) is 0.118. The highest BCUT2D eigenvalue weighted by molar-refractivity contribution is 7.14. The molecule has 0 aliphatic rings. The lowest BCUT2D eigenvalue weighted by molar-refractivity contribution is 0.397. The number of rotatable bonds is 5. The van der Waals surface area contributed by atoms with Crippen LogP contribution in [-0.2, 0) is 0 Å². The molecule has 3 aromatic rings. The van der Waals surface area contributed by atoms with Crippen molar-refractivity contribution in [2.24, 2.45) is 0 Å². The van der Waals surface area contributed by atoms with Crippen LogP contribution < -0.4 is 14.8 Å². The molecule has 0 spiro atoms. The molecule has 0 aliphatic carbocycles. The molecule has 4 nitrogen and oxygen atoms in total. The molecule has 118 valence electrons. The highest BCUT2D eigenvalue weighted by Crippen LogP contribution is 2.39. The van der Waals surface area contributed by atoms with Crippen LogP contribution in [0.25, 0.3) is 11.3 Å². The molecule has 1 aromatic heterocycles. The number of nitrogens with zero attached hydrogens (tertiary/aromatic N) is 1. The van der Waals surface area contributed by atoms with Crippen molar-refractivity contribution >= 4 is 33.8 Å². The van der Waals surface area contributed by atoms with E-state index in [1.165, 1.54) is 11.3 Å². The Bertz CT molecular complexity index is 780. The SMILES string of the molecule is COc1cccc(OC)c1-c1csc(Nc2ccc(Cl)cc2)n1. The van der Waals surface area contributed by atoms with Gasteiger partial charge in [0.2, 0.25) is 0 Å². The van der Waals surface area contributed by atoms with E-state index in [2.05, 4.69) is 10.3 Å². The van der Waals surface area contributed by atoms with Crippen molar-refractivity contribution in [1.82, 2.24) is 4.98 Å². The first kappa shape index (κ1) is 15.6. The number of thiazole rings is 1. The van der Waals surface area contributed by atoms with Gasteiger partial charge < -0.3 is 14.8 Å². The second kappa shape index (κ2) is 6.89. The minimum Gasteiger partial charge on any atom is -0.496 e. The maximum Gasteiger partial charge on any atom is 0.187 e. The second-order valence-corrected chi connectivity index (χ2v) is 6.00. The van der Waals surface area contributed by atoms with Crippen molar-refractivity contribution < 1.29 is 9.47 Å². The van der Waals surface area contributed by atoms with E-state index in [0.717, 1.165) is 33.6 Å². The summed E-state index contributed by atoms with van der Waals surface area (Å²) in [6.07, 6.45) is 0. The minimum absolute atomic E-state index is 0.703. The third-order valence-corrected chi connectivity index (χ3v) is 4.29. The van der Waals surface area contributed by atoms with Crippen molar-refractivity contribution in [3.8, 4) is 22.8 Å². The van der Waals surface area contributed by atoms with Crippen LogP contribution in [0.4, 0.5) is 10.8 Å². The molecule has 0 saturated carbocycles. The molecule has 0 aliphatic heterocycles. The van der Waals surface area contributed by atoms with Gasteiger partial charge in [0, 0.05) is 16.1 Å². The highest BCUT2D eigenvalue weighted by Gasteiger charge is 2.15. The molecule has 0 radical (unpaired) electrons. The topological polar surface area (TPSA) is 43.4 Å². The number of hydrogen-bond donors (Lipinski definition) is 1.